The van der Waals surface area contributed by atoms with Gasteiger partial charge in [0.1, 0.15) is 0 Å². The first-order chi connectivity index (χ1) is 7.11. The summed E-state index contributed by atoms with van der Waals surface area (Å²) in [6, 6.07) is 5.73. The minimum atomic E-state index is -0.835. The van der Waals surface area contributed by atoms with Crippen LogP contribution in [0, 0.1) is 6.92 Å². The topological polar surface area (TPSA) is 51.4 Å². The van der Waals surface area contributed by atoms with Crippen molar-refractivity contribution in [3.05, 3.63) is 28.2 Å². The van der Waals surface area contributed by atoms with Crippen LogP contribution >= 0.6 is 15.9 Å². The van der Waals surface area contributed by atoms with E-state index in [9.17, 15) is 5.11 Å². The highest BCUT2D eigenvalue weighted by atomic mass is 79.9. The van der Waals surface area contributed by atoms with E-state index >= 15 is 0 Å². The van der Waals surface area contributed by atoms with Crippen LogP contribution in [-0.4, -0.2) is 23.5 Å². The molecule has 0 saturated heterocycles. The second-order valence-electron chi connectivity index (χ2n) is 3.33. The Hall–Kier alpha value is -1.14. The van der Waals surface area contributed by atoms with Gasteiger partial charge < -0.3 is 5.11 Å². The van der Waals surface area contributed by atoms with Gasteiger partial charge in [-0.05, 0) is 35.1 Å². The normalized spacial score (nSPS) is 20.1. The highest BCUT2D eigenvalue weighted by Gasteiger charge is 2.27. The molecule has 15 heavy (non-hydrogen) atoms. The molecule has 5 nitrogen and oxygen atoms in total. The summed E-state index contributed by atoms with van der Waals surface area (Å²) in [5, 5.41) is 20.3. The zero-order valence-corrected chi connectivity index (χ0v) is 10.0. The van der Waals surface area contributed by atoms with Gasteiger partial charge in [-0.15, -0.1) is 0 Å². The van der Waals surface area contributed by atoms with E-state index in [2.05, 4.69) is 26.4 Å². The van der Waals surface area contributed by atoms with Gasteiger partial charge in [0.15, 0.2) is 0 Å². The van der Waals surface area contributed by atoms with E-state index in [0.29, 0.717) is 0 Å². The molecule has 0 fully saturated rings. The van der Waals surface area contributed by atoms with E-state index in [4.69, 9.17) is 0 Å². The number of hydrogen-bond donors (Lipinski definition) is 1. The maximum Gasteiger partial charge on any atom is 0.245 e. The molecular formula is C9H11BrN4O. The number of anilines is 1. The summed E-state index contributed by atoms with van der Waals surface area (Å²) in [4.78, 5) is 0. The first-order valence-electron chi connectivity index (χ1n) is 4.48. The number of nitrogens with zero attached hydrogens (tertiary/aromatic N) is 4. The Bertz CT molecular complexity index is 409. The summed E-state index contributed by atoms with van der Waals surface area (Å²) in [7, 11) is 1.67. The fourth-order valence-corrected chi connectivity index (χ4v) is 1.73. The van der Waals surface area contributed by atoms with Gasteiger partial charge in [0.05, 0.1) is 5.69 Å². The summed E-state index contributed by atoms with van der Waals surface area (Å²) < 4.78 is 0.983. The maximum absolute atomic E-state index is 9.78. The molecule has 1 unspecified atom stereocenters. The monoisotopic (exact) mass is 270 g/mol. The van der Waals surface area contributed by atoms with Crippen LogP contribution < -0.4 is 5.01 Å². The van der Waals surface area contributed by atoms with Gasteiger partial charge in [-0.1, -0.05) is 22.0 Å². The van der Waals surface area contributed by atoms with Crippen molar-refractivity contribution in [2.75, 3.05) is 12.1 Å². The van der Waals surface area contributed by atoms with Crippen molar-refractivity contribution in [1.82, 2.24) is 5.01 Å². The molecule has 80 valence electrons. The van der Waals surface area contributed by atoms with Crippen LogP contribution in [0.25, 0.3) is 0 Å². The Kier molecular flexibility index (Phi) is 2.62. The van der Waals surface area contributed by atoms with E-state index in [1.54, 1.807) is 7.05 Å². The quantitative estimate of drug-likeness (QED) is 0.850. The SMILES string of the molecule is Cc1c(Br)cccc1N1N=NN(C)C1O. The second kappa shape index (κ2) is 3.79. The summed E-state index contributed by atoms with van der Waals surface area (Å²) in [6.07, 6.45) is -0.835. The smallest absolute Gasteiger partial charge is 0.245 e. The molecule has 0 radical (unpaired) electrons. The number of aliphatic hydroxyl groups is 1. The molecule has 0 saturated carbocycles. The van der Waals surface area contributed by atoms with Crippen molar-refractivity contribution in [2.45, 2.75) is 13.3 Å². The largest absolute Gasteiger partial charge is 0.354 e. The Morgan fingerprint density at radius 2 is 2.13 bits per heavy atom. The van der Waals surface area contributed by atoms with Crippen LogP contribution in [0.15, 0.2) is 33.1 Å². The third-order valence-corrected chi connectivity index (χ3v) is 3.18. The van der Waals surface area contributed by atoms with E-state index in [1.807, 2.05) is 25.1 Å². The molecule has 1 aromatic rings. The fourth-order valence-electron chi connectivity index (χ4n) is 1.37. The minimum Gasteiger partial charge on any atom is -0.354 e. The van der Waals surface area contributed by atoms with Crippen molar-refractivity contribution >= 4 is 21.6 Å². The van der Waals surface area contributed by atoms with Crippen molar-refractivity contribution in [3.63, 3.8) is 0 Å². The van der Waals surface area contributed by atoms with Gasteiger partial charge in [0, 0.05) is 11.5 Å². The molecule has 0 amide bonds. The maximum atomic E-state index is 9.78. The lowest BCUT2D eigenvalue weighted by atomic mass is 10.2. The van der Waals surface area contributed by atoms with Crippen LogP contribution in [-0.2, 0) is 0 Å². The molecule has 1 aliphatic heterocycles. The Labute approximate surface area is 96.1 Å². The Balaban J connectivity index is 2.39. The second-order valence-corrected chi connectivity index (χ2v) is 4.18. The molecular weight excluding hydrogens is 260 g/mol. The van der Waals surface area contributed by atoms with Crippen molar-refractivity contribution < 1.29 is 5.11 Å². The first-order valence-corrected chi connectivity index (χ1v) is 5.27. The highest BCUT2D eigenvalue weighted by Crippen LogP contribution is 2.30. The standard InChI is InChI=1S/C9H11BrN4O/c1-6-7(10)4-3-5-8(6)14-9(15)13(2)11-12-14/h3-5,9,15H,1-2H3. The van der Waals surface area contributed by atoms with Gasteiger partial charge in [-0.25, -0.2) is 5.01 Å². The molecule has 1 aliphatic rings. The zero-order chi connectivity index (χ0) is 11.0. The molecule has 1 aromatic carbocycles. The van der Waals surface area contributed by atoms with Gasteiger partial charge in [0.2, 0.25) is 6.35 Å². The van der Waals surface area contributed by atoms with Gasteiger partial charge in [-0.3, -0.25) is 0 Å². The number of benzene rings is 1. The molecule has 0 spiro atoms. The predicted molar refractivity (Wildman–Crippen MR) is 60.0 cm³/mol. The van der Waals surface area contributed by atoms with Gasteiger partial charge >= 0.3 is 0 Å². The summed E-state index contributed by atoms with van der Waals surface area (Å²) in [6.45, 7) is 1.96. The number of aliphatic hydroxyl groups excluding tert-OH is 1. The van der Waals surface area contributed by atoms with Gasteiger partial charge in [-0.2, -0.15) is 5.01 Å². The molecule has 2 rings (SSSR count). The van der Waals surface area contributed by atoms with Crippen molar-refractivity contribution in [1.29, 1.82) is 0 Å². The minimum absolute atomic E-state index is 0.835. The summed E-state index contributed by atoms with van der Waals surface area (Å²) in [5.41, 5.74) is 1.86. The molecule has 1 heterocycles. The van der Waals surface area contributed by atoms with E-state index in [0.717, 1.165) is 15.7 Å². The molecule has 0 aliphatic carbocycles. The first kappa shape index (κ1) is 10.4. The van der Waals surface area contributed by atoms with E-state index in [1.165, 1.54) is 10.0 Å². The number of hydrogen-bond acceptors (Lipinski definition) is 5. The Morgan fingerprint density at radius 1 is 1.40 bits per heavy atom. The molecule has 1 atom stereocenters. The molecule has 6 heteroatoms. The third-order valence-electron chi connectivity index (χ3n) is 2.32. The highest BCUT2D eigenvalue weighted by molar-refractivity contribution is 9.10. The Morgan fingerprint density at radius 3 is 2.73 bits per heavy atom. The van der Waals surface area contributed by atoms with Crippen molar-refractivity contribution in [3.8, 4) is 0 Å². The number of halogens is 1. The van der Waals surface area contributed by atoms with E-state index in [-0.39, 0.29) is 0 Å². The van der Waals surface area contributed by atoms with Crippen LogP contribution in [0.5, 0.6) is 0 Å². The zero-order valence-electron chi connectivity index (χ0n) is 8.42. The third kappa shape index (κ3) is 1.70. The summed E-state index contributed by atoms with van der Waals surface area (Å²) >= 11 is 3.43. The van der Waals surface area contributed by atoms with Crippen LogP contribution in [0.2, 0.25) is 0 Å². The fraction of sp³-hybridized carbons (Fsp3) is 0.333. The lowest BCUT2D eigenvalue weighted by molar-refractivity contribution is 0.0457. The molecule has 1 N–H and O–H groups in total. The van der Waals surface area contributed by atoms with E-state index < -0.39 is 6.35 Å². The van der Waals surface area contributed by atoms with Crippen molar-refractivity contribution in [2.24, 2.45) is 10.4 Å². The average molecular weight is 271 g/mol. The predicted octanol–water partition coefficient (Wildman–Crippen LogP) is 2.07. The number of rotatable bonds is 1. The van der Waals surface area contributed by atoms with Crippen LogP contribution in [0.3, 0.4) is 0 Å². The molecule has 0 aromatic heterocycles. The van der Waals surface area contributed by atoms with Crippen LogP contribution in [0.1, 0.15) is 5.56 Å². The lowest BCUT2D eigenvalue weighted by Gasteiger charge is -2.22. The lowest BCUT2D eigenvalue weighted by Crippen LogP contribution is -2.36. The molecule has 0 bridgehead atoms. The average Bonchev–Trinajstić information content (AvgIpc) is 2.53. The summed E-state index contributed by atoms with van der Waals surface area (Å²) in [5.74, 6) is 0. The van der Waals surface area contributed by atoms with Gasteiger partial charge in [0.25, 0.3) is 0 Å². The van der Waals surface area contributed by atoms with Crippen LogP contribution in [0.4, 0.5) is 5.69 Å².